The minimum atomic E-state index is -0.152. The summed E-state index contributed by atoms with van der Waals surface area (Å²) in [7, 11) is 0. The van der Waals surface area contributed by atoms with Crippen LogP contribution in [0.25, 0.3) is 11.3 Å². The van der Waals surface area contributed by atoms with Gasteiger partial charge < -0.3 is 10.2 Å². The van der Waals surface area contributed by atoms with Gasteiger partial charge in [0.1, 0.15) is 5.69 Å². The first-order chi connectivity index (χ1) is 13.2. The number of aromatic amines is 1. The summed E-state index contributed by atoms with van der Waals surface area (Å²) in [6.07, 6.45) is 3.22. The van der Waals surface area contributed by atoms with E-state index in [1.807, 2.05) is 24.3 Å². The first-order valence-corrected chi connectivity index (χ1v) is 10.7. The summed E-state index contributed by atoms with van der Waals surface area (Å²) in [5.74, 6) is -0.152. The van der Waals surface area contributed by atoms with E-state index in [-0.39, 0.29) is 5.91 Å². The van der Waals surface area contributed by atoms with Crippen LogP contribution in [0.1, 0.15) is 29.0 Å². The van der Waals surface area contributed by atoms with Gasteiger partial charge in [-0.3, -0.25) is 9.89 Å². The van der Waals surface area contributed by atoms with Crippen LogP contribution in [0.2, 0.25) is 0 Å². The molecule has 0 unspecified atom stereocenters. The molecule has 1 aromatic carbocycles. The molecule has 1 saturated heterocycles. The Bertz CT molecular complexity index is 914. The molecule has 0 aliphatic carbocycles. The Balaban J connectivity index is 1.30. The molecule has 0 spiro atoms. The summed E-state index contributed by atoms with van der Waals surface area (Å²) >= 11 is 5.10. The first-order valence-electron chi connectivity index (χ1n) is 8.98. The van der Waals surface area contributed by atoms with Gasteiger partial charge in [-0.2, -0.15) is 5.10 Å². The molecule has 140 valence electrons. The molecule has 1 amide bonds. The summed E-state index contributed by atoms with van der Waals surface area (Å²) in [5, 5.41) is 13.2. The van der Waals surface area contributed by atoms with Crippen molar-refractivity contribution in [2.45, 2.75) is 19.3 Å². The fraction of sp³-hybridized carbons (Fsp3) is 0.316. The third-order valence-electron chi connectivity index (χ3n) is 4.55. The minimum Gasteiger partial charge on any atom is -0.350 e. The lowest BCUT2D eigenvalue weighted by Gasteiger charge is -2.12. The molecule has 1 fully saturated rings. The van der Waals surface area contributed by atoms with E-state index in [1.54, 1.807) is 17.4 Å². The van der Waals surface area contributed by atoms with E-state index >= 15 is 0 Å². The molecule has 3 heterocycles. The van der Waals surface area contributed by atoms with E-state index in [1.165, 1.54) is 12.8 Å². The molecule has 0 atom stereocenters. The summed E-state index contributed by atoms with van der Waals surface area (Å²) in [4.78, 5) is 19.3. The highest BCUT2D eigenvalue weighted by Gasteiger charge is 2.16. The molecule has 2 N–H and O–H groups in total. The molecule has 1 aliphatic heterocycles. The van der Waals surface area contributed by atoms with Crippen molar-refractivity contribution in [1.82, 2.24) is 20.5 Å². The number of benzene rings is 1. The Morgan fingerprint density at radius 3 is 2.81 bits per heavy atom. The van der Waals surface area contributed by atoms with Gasteiger partial charge in [0, 0.05) is 41.5 Å². The van der Waals surface area contributed by atoms with Gasteiger partial charge in [-0.1, -0.05) is 28.1 Å². The third-order valence-corrected chi connectivity index (χ3v) is 6.02. The lowest BCUT2D eigenvalue weighted by atomic mass is 10.1. The van der Waals surface area contributed by atoms with E-state index in [2.05, 4.69) is 46.7 Å². The molecule has 8 heteroatoms. The van der Waals surface area contributed by atoms with Crippen LogP contribution in [0.15, 0.2) is 40.2 Å². The van der Waals surface area contributed by atoms with Crippen LogP contribution < -0.4 is 10.2 Å². The quantitative estimate of drug-likeness (QED) is 0.603. The van der Waals surface area contributed by atoms with Crippen LogP contribution in [0.5, 0.6) is 0 Å². The number of halogens is 1. The number of hydrogen-bond donors (Lipinski definition) is 2. The predicted molar refractivity (Wildman–Crippen MR) is 111 cm³/mol. The van der Waals surface area contributed by atoms with Gasteiger partial charge >= 0.3 is 0 Å². The number of amides is 1. The molecule has 27 heavy (non-hydrogen) atoms. The van der Waals surface area contributed by atoms with Crippen molar-refractivity contribution in [3.8, 4) is 11.3 Å². The Labute approximate surface area is 170 Å². The maximum atomic E-state index is 12.3. The molecule has 4 rings (SSSR count). The molecule has 1 aliphatic rings. The number of rotatable bonds is 6. The van der Waals surface area contributed by atoms with E-state index in [4.69, 9.17) is 0 Å². The number of aromatic nitrogens is 3. The molecule has 2 aromatic heterocycles. The maximum absolute atomic E-state index is 12.3. The van der Waals surface area contributed by atoms with Crippen molar-refractivity contribution < 1.29 is 4.79 Å². The topological polar surface area (TPSA) is 73.9 Å². The van der Waals surface area contributed by atoms with Crippen molar-refractivity contribution in [1.29, 1.82) is 0 Å². The highest BCUT2D eigenvalue weighted by Crippen LogP contribution is 2.24. The van der Waals surface area contributed by atoms with Gasteiger partial charge in [0.05, 0.1) is 11.4 Å². The highest BCUT2D eigenvalue weighted by atomic mass is 79.9. The van der Waals surface area contributed by atoms with Crippen molar-refractivity contribution in [3.05, 3.63) is 51.6 Å². The molecule has 6 nitrogen and oxygen atoms in total. The molecule has 0 bridgehead atoms. The number of hydrogen-bond acceptors (Lipinski definition) is 5. The molecular weight excluding hydrogens is 426 g/mol. The number of H-pyrrole nitrogens is 1. The summed E-state index contributed by atoms with van der Waals surface area (Å²) < 4.78 is 1.01. The fourth-order valence-electron chi connectivity index (χ4n) is 3.07. The zero-order valence-electron chi connectivity index (χ0n) is 14.7. The van der Waals surface area contributed by atoms with E-state index in [0.29, 0.717) is 12.2 Å². The second-order valence-corrected chi connectivity index (χ2v) is 8.25. The zero-order valence-corrected chi connectivity index (χ0v) is 17.1. The normalized spacial score (nSPS) is 13.9. The number of nitrogens with zero attached hydrogens (tertiary/aromatic N) is 3. The van der Waals surface area contributed by atoms with Gasteiger partial charge in [0.25, 0.3) is 5.91 Å². The lowest BCUT2D eigenvalue weighted by Crippen LogP contribution is -2.26. The largest absolute Gasteiger partial charge is 0.350 e. The predicted octanol–water partition coefficient (Wildman–Crippen LogP) is 3.87. The Kier molecular flexibility index (Phi) is 5.54. The Morgan fingerprint density at radius 1 is 1.26 bits per heavy atom. The van der Waals surface area contributed by atoms with Gasteiger partial charge in [0.15, 0.2) is 5.13 Å². The van der Waals surface area contributed by atoms with Crippen LogP contribution in [-0.2, 0) is 6.42 Å². The van der Waals surface area contributed by atoms with Gasteiger partial charge in [-0.15, -0.1) is 11.3 Å². The SMILES string of the molecule is O=C(NCCc1csc(N2CCCC2)n1)c1cc(-c2ccc(Br)cc2)n[nH]1. The minimum absolute atomic E-state index is 0.152. The van der Waals surface area contributed by atoms with Crippen LogP contribution >= 0.6 is 27.3 Å². The van der Waals surface area contributed by atoms with Crippen LogP contribution in [0, 0.1) is 0 Å². The van der Waals surface area contributed by atoms with Gasteiger partial charge in [0.2, 0.25) is 0 Å². The average Bonchev–Trinajstić information content (AvgIpc) is 3.43. The van der Waals surface area contributed by atoms with Crippen molar-refractivity contribution in [2.75, 3.05) is 24.5 Å². The molecule has 3 aromatic rings. The number of anilines is 1. The smallest absolute Gasteiger partial charge is 0.269 e. The van der Waals surface area contributed by atoms with Gasteiger partial charge in [-0.05, 0) is 31.0 Å². The number of carbonyl (C=O) groups is 1. The number of thiazole rings is 1. The van der Waals surface area contributed by atoms with Crippen LogP contribution in [0.4, 0.5) is 5.13 Å². The summed E-state index contributed by atoms with van der Waals surface area (Å²) in [6.45, 7) is 2.75. The average molecular weight is 446 g/mol. The number of nitrogens with one attached hydrogen (secondary N) is 2. The van der Waals surface area contributed by atoms with Gasteiger partial charge in [-0.25, -0.2) is 4.98 Å². The molecule has 0 saturated carbocycles. The van der Waals surface area contributed by atoms with Crippen molar-refractivity contribution >= 4 is 38.3 Å². The van der Waals surface area contributed by atoms with Crippen LogP contribution in [-0.4, -0.2) is 40.7 Å². The van der Waals surface area contributed by atoms with E-state index in [9.17, 15) is 4.79 Å². The number of carbonyl (C=O) groups excluding carboxylic acids is 1. The summed E-state index contributed by atoms with van der Waals surface area (Å²) in [5.41, 5.74) is 3.21. The Hall–Kier alpha value is -2.19. The zero-order chi connectivity index (χ0) is 18.6. The van der Waals surface area contributed by atoms with E-state index in [0.717, 1.165) is 46.1 Å². The molecule has 0 radical (unpaired) electrons. The highest BCUT2D eigenvalue weighted by molar-refractivity contribution is 9.10. The standard InChI is InChI=1S/C19H20BrN5OS/c20-14-5-3-13(4-6-14)16-11-17(24-23-16)18(26)21-8-7-15-12-27-19(22-15)25-9-1-2-10-25/h3-6,11-12H,1-2,7-10H2,(H,21,26)(H,23,24). The second-order valence-electron chi connectivity index (χ2n) is 6.50. The molecular formula is C19H20BrN5OS. The summed E-state index contributed by atoms with van der Waals surface area (Å²) in [6, 6.07) is 9.60. The maximum Gasteiger partial charge on any atom is 0.269 e. The van der Waals surface area contributed by atoms with E-state index < -0.39 is 0 Å². The van der Waals surface area contributed by atoms with Crippen LogP contribution in [0.3, 0.4) is 0 Å². The fourth-order valence-corrected chi connectivity index (χ4v) is 4.25. The second kappa shape index (κ2) is 8.22. The monoisotopic (exact) mass is 445 g/mol. The Morgan fingerprint density at radius 2 is 2.04 bits per heavy atom. The lowest BCUT2D eigenvalue weighted by molar-refractivity contribution is 0.0949. The van der Waals surface area contributed by atoms with Crippen molar-refractivity contribution in [2.24, 2.45) is 0 Å². The first kappa shape index (κ1) is 18.2. The third kappa shape index (κ3) is 4.39. The van der Waals surface area contributed by atoms with Crippen molar-refractivity contribution in [3.63, 3.8) is 0 Å².